The number of anilines is 1. The number of aryl methyl sites for hydroxylation is 4. The Morgan fingerprint density at radius 2 is 1.77 bits per heavy atom. The molecule has 1 fully saturated rings. The van der Waals surface area contributed by atoms with Crippen molar-refractivity contribution < 1.29 is 4.79 Å². The van der Waals surface area contributed by atoms with Crippen molar-refractivity contribution in [2.45, 2.75) is 34.1 Å². The average molecular weight is 488 g/mol. The van der Waals surface area contributed by atoms with E-state index < -0.39 is 0 Å². The fourth-order valence-electron chi connectivity index (χ4n) is 4.99. The first-order valence-corrected chi connectivity index (χ1v) is 12.4. The monoisotopic (exact) mass is 487 g/mol. The van der Waals surface area contributed by atoms with Crippen LogP contribution in [0.15, 0.2) is 48.7 Å². The summed E-state index contributed by atoms with van der Waals surface area (Å²) in [4.78, 5) is 22.5. The molecule has 1 saturated heterocycles. The van der Waals surface area contributed by atoms with E-state index in [4.69, 9.17) is 16.6 Å². The Morgan fingerprint density at radius 3 is 2.51 bits per heavy atom. The van der Waals surface area contributed by atoms with Gasteiger partial charge in [0.15, 0.2) is 5.65 Å². The molecule has 0 saturated carbocycles. The number of aromatic nitrogens is 3. The van der Waals surface area contributed by atoms with Gasteiger partial charge in [0.25, 0.3) is 5.91 Å². The van der Waals surface area contributed by atoms with E-state index in [0.717, 1.165) is 47.2 Å². The number of nitrogens with zero attached hydrogens (tertiary/aromatic N) is 5. The molecule has 5 rings (SSSR count). The second-order valence-electron chi connectivity index (χ2n) is 9.43. The van der Waals surface area contributed by atoms with Gasteiger partial charge in [0.2, 0.25) is 0 Å². The van der Waals surface area contributed by atoms with Crippen molar-refractivity contribution in [3.05, 3.63) is 92.9 Å². The second-order valence-corrected chi connectivity index (χ2v) is 9.87. The van der Waals surface area contributed by atoms with Gasteiger partial charge in [0.05, 0.1) is 6.20 Å². The highest BCUT2D eigenvalue weighted by Crippen LogP contribution is 2.26. The summed E-state index contributed by atoms with van der Waals surface area (Å²) in [6.45, 7) is 11.1. The van der Waals surface area contributed by atoms with Crippen LogP contribution in [0.4, 0.5) is 5.69 Å². The van der Waals surface area contributed by atoms with Gasteiger partial charge in [0, 0.05) is 54.7 Å². The number of amides is 1. The minimum absolute atomic E-state index is 0.0137. The molecular weight excluding hydrogens is 458 g/mol. The quantitative estimate of drug-likeness (QED) is 0.398. The molecular formula is C28H30ClN5O. The summed E-state index contributed by atoms with van der Waals surface area (Å²) in [5.41, 5.74) is 9.11. The SMILES string of the molecule is Cc1cccc(Cc2c(C)nc3c(C(=O)N4CCN(c5cc(Cl)ccc5C)CC4)cnn3c2C)c1. The lowest BCUT2D eigenvalue weighted by atomic mass is 10.0. The molecule has 2 aromatic heterocycles. The zero-order valence-electron chi connectivity index (χ0n) is 20.7. The Labute approximate surface area is 211 Å². The molecule has 0 bridgehead atoms. The van der Waals surface area contributed by atoms with Crippen LogP contribution < -0.4 is 4.90 Å². The maximum atomic E-state index is 13.5. The molecule has 35 heavy (non-hydrogen) atoms. The number of benzene rings is 2. The number of piperazine rings is 1. The van der Waals surface area contributed by atoms with Gasteiger partial charge in [0.1, 0.15) is 5.56 Å². The number of carbonyl (C=O) groups excluding carboxylic acids is 1. The molecule has 4 aromatic rings. The van der Waals surface area contributed by atoms with Gasteiger partial charge < -0.3 is 9.80 Å². The Bertz CT molecular complexity index is 1420. The number of halogens is 1. The molecule has 1 aliphatic heterocycles. The van der Waals surface area contributed by atoms with E-state index in [0.29, 0.717) is 24.3 Å². The van der Waals surface area contributed by atoms with Crippen LogP contribution in [-0.4, -0.2) is 51.6 Å². The maximum Gasteiger partial charge on any atom is 0.259 e. The second kappa shape index (κ2) is 9.34. The molecule has 2 aromatic carbocycles. The van der Waals surface area contributed by atoms with Crippen LogP contribution in [0.5, 0.6) is 0 Å². The van der Waals surface area contributed by atoms with Crippen LogP contribution in [-0.2, 0) is 6.42 Å². The van der Waals surface area contributed by atoms with Crippen molar-refractivity contribution >= 4 is 28.8 Å². The molecule has 0 aliphatic carbocycles. The van der Waals surface area contributed by atoms with E-state index in [1.165, 1.54) is 16.7 Å². The van der Waals surface area contributed by atoms with Crippen molar-refractivity contribution in [1.82, 2.24) is 19.5 Å². The predicted octanol–water partition coefficient (Wildman–Crippen LogP) is 5.17. The molecule has 0 N–H and O–H groups in total. The zero-order chi connectivity index (χ0) is 24.7. The van der Waals surface area contributed by atoms with Crippen LogP contribution in [0.2, 0.25) is 5.02 Å². The fourth-order valence-corrected chi connectivity index (χ4v) is 5.15. The Hall–Kier alpha value is -3.38. The van der Waals surface area contributed by atoms with Gasteiger partial charge in [-0.1, -0.05) is 47.5 Å². The maximum absolute atomic E-state index is 13.5. The molecule has 1 amide bonds. The summed E-state index contributed by atoms with van der Waals surface area (Å²) in [6, 6.07) is 14.5. The van der Waals surface area contributed by atoms with E-state index in [1.807, 2.05) is 34.5 Å². The molecule has 3 heterocycles. The van der Waals surface area contributed by atoms with Crippen LogP contribution >= 0.6 is 11.6 Å². The predicted molar refractivity (Wildman–Crippen MR) is 141 cm³/mol. The zero-order valence-corrected chi connectivity index (χ0v) is 21.4. The Morgan fingerprint density at radius 1 is 1.00 bits per heavy atom. The molecule has 0 unspecified atom stereocenters. The van der Waals surface area contributed by atoms with Gasteiger partial charge in [-0.25, -0.2) is 9.50 Å². The first-order chi connectivity index (χ1) is 16.8. The highest BCUT2D eigenvalue weighted by Gasteiger charge is 2.26. The highest BCUT2D eigenvalue weighted by atomic mass is 35.5. The minimum atomic E-state index is -0.0137. The normalized spacial score (nSPS) is 14.1. The molecule has 0 atom stereocenters. The number of carbonyl (C=O) groups is 1. The Kier molecular flexibility index (Phi) is 6.24. The van der Waals surface area contributed by atoms with Crippen LogP contribution in [0.3, 0.4) is 0 Å². The van der Waals surface area contributed by atoms with Crippen LogP contribution in [0.25, 0.3) is 5.65 Å². The molecule has 180 valence electrons. The minimum Gasteiger partial charge on any atom is -0.368 e. The van der Waals surface area contributed by atoms with E-state index in [-0.39, 0.29) is 5.91 Å². The van der Waals surface area contributed by atoms with Gasteiger partial charge in [-0.15, -0.1) is 0 Å². The molecule has 0 radical (unpaired) electrons. The summed E-state index contributed by atoms with van der Waals surface area (Å²) in [5.74, 6) is -0.0137. The van der Waals surface area contributed by atoms with Gasteiger partial charge >= 0.3 is 0 Å². The topological polar surface area (TPSA) is 53.7 Å². The van der Waals surface area contributed by atoms with Crippen LogP contribution in [0, 0.1) is 27.7 Å². The summed E-state index contributed by atoms with van der Waals surface area (Å²) in [7, 11) is 0. The summed E-state index contributed by atoms with van der Waals surface area (Å²) < 4.78 is 1.82. The van der Waals surface area contributed by atoms with Crippen molar-refractivity contribution in [3.63, 3.8) is 0 Å². The molecule has 1 aliphatic rings. The summed E-state index contributed by atoms with van der Waals surface area (Å²) >= 11 is 6.22. The first kappa shape index (κ1) is 23.4. The lowest BCUT2D eigenvalue weighted by molar-refractivity contribution is 0.0748. The highest BCUT2D eigenvalue weighted by molar-refractivity contribution is 6.30. The number of fused-ring (bicyclic) bond motifs is 1. The lowest BCUT2D eigenvalue weighted by Gasteiger charge is -2.36. The third-order valence-electron chi connectivity index (χ3n) is 6.98. The average Bonchev–Trinajstić information content (AvgIpc) is 3.27. The largest absolute Gasteiger partial charge is 0.368 e. The molecule has 6 nitrogen and oxygen atoms in total. The van der Waals surface area contributed by atoms with E-state index in [2.05, 4.69) is 55.0 Å². The first-order valence-electron chi connectivity index (χ1n) is 12.0. The third kappa shape index (κ3) is 4.50. The van der Waals surface area contributed by atoms with E-state index in [9.17, 15) is 4.79 Å². The van der Waals surface area contributed by atoms with Crippen molar-refractivity contribution in [1.29, 1.82) is 0 Å². The Balaban J connectivity index is 1.37. The summed E-state index contributed by atoms with van der Waals surface area (Å²) in [6.07, 6.45) is 2.46. The van der Waals surface area contributed by atoms with Crippen molar-refractivity contribution in [2.24, 2.45) is 0 Å². The number of hydrogen-bond acceptors (Lipinski definition) is 4. The lowest BCUT2D eigenvalue weighted by Crippen LogP contribution is -2.49. The third-order valence-corrected chi connectivity index (χ3v) is 7.22. The molecule has 0 spiro atoms. The van der Waals surface area contributed by atoms with Gasteiger partial charge in [-0.3, -0.25) is 4.79 Å². The van der Waals surface area contributed by atoms with Crippen molar-refractivity contribution in [3.8, 4) is 0 Å². The van der Waals surface area contributed by atoms with Gasteiger partial charge in [-0.2, -0.15) is 5.10 Å². The van der Waals surface area contributed by atoms with Crippen LogP contribution in [0.1, 0.15) is 44.0 Å². The van der Waals surface area contributed by atoms with E-state index >= 15 is 0 Å². The fraction of sp³-hybridized carbons (Fsp3) is 0.321. The van der Waals surface area contributed by atoms with Gasteiger partial charge in [-0.05, 0) is 56.5 Å². The van der Waals surface area contributed by atoms with Crippen molar-refractivity contribution in [2.75, 3.05) is 31.1 Å². The molecule has 7 heteroatoms. The standard InChI is InChI=1S/C28H30ClN5O/c1-18-6-5-7-22(14-18)15-24-20(3)31-27-25(17-30-34(27)21(24)4)28(35)33-12-10-32(11-13-33)26-16-23(29)9-8-19(26)2/h5-9,14,16-17H,10-13,15H2,1-4H3. The summed E-state index contributed by atoms with van der Waals surface area (Å²) in [5, 5.41) is 5.29. The smallest absolute Gasteiger partial charge is 0.259 e. The number of hydrogen-bond donors (Lipinski definition) is 0. The number of rotatable bonds is 4. The van der Waals surface area contributed by atoms with E-state index in [1.54, 1.807) is 6.20 Å².